The Hall–Kier alpha value is -0.600. The first kappa shape index (κ1) is 8.50. The van der Waals surface area contributed by atoms with Crippen molar-refractivity contribution in [2.45, 2.75) is 18.9 Å². The summed E-state index contributed by atoms with van der Waals surface area (Å²) in [5.74, 6) is 0.463. The van der Waals surface area contributed by atoms with Crippen molar-refractivity contribution in [3.8, 4) is 0 Å². The van der Waals surface area contributed by atoms with Gasteiger partial charge in [-0.1, -0.05) is 12.2 Å². The van der Waals surface area contributed by atoms with Crippen molar-refractivity contribution in [3.63, 3.8) is 0 Å². The Labute approximate surface area is 67.4 Å². The summed E-state index contributed by atoms with van der Waals surface area (Å²) in [7, 11) is 0. The molecule has 0 aromatic rings. The van der Waals surface area contributed by atoms with Gasteiger partial charge in [-0.2, -0.15) is 0 Å². The molecular weight excluding hydrogens is 140 g/mol. The summed E-state index contributed by atoms with van der Waals surface area (Å²) in [4.78, 5) is 9.92. The van der Waals surface area contributed by atoms with Crippen LogP contribution in [0.3, 0.4) is 0 Å². The number of rotatable bonds is 4. The average molecular weight is 154 g/mol. The summed E-state index contributed by atoms with van der Waals surface area (Å²) in [5.41, 5.74) is 0. The third kappa shape index (κ3) is 2.17. The standard InChI is InChI=1S/C9H14O2/c1-3-5-8-7-10-11-9(8)6-4-2/h3-4,8-9H,1-2,5-7H2. The summed E-state index contributed by atoms with van der Waals surface area (Å²) in [6, 6.07) is 0. The van der Waals surface area contributed by atoms with Crippen LogP contribution in [-0.2, 0) is 9.78 Å². The molecular formula is C9H14O2. The van der Waals surface area contributed by atoms with Gasteiger partial charge in [0.15, 0.2) is 0 Å². The van der Waals surface area contributed by atoms with Gasteiger partial charge in [0.2, 0.25) is 0 Å². The molecule has 0 N–H and O–H groups in total. The molecule has 0 aromatic carbocycles. The fourth-order valence-electron chi connectivity index (χ4n) is 1.23. The summed E-state index contributed by atoms with van der Waals surface area (Å²) in [6.07, 6.45) is 5.76. The van der Waals surface area contributed by atoms with Gasteiger partial charge in [0.05, 0.1) is 6.61 Å². The zero-order valence-electron chi connectivity index (χ0n) is 6.66. The summed E-state index contributed by atoms with van der Waals surface area (Å²) < 4.78 is 0. The largest absolute Gasteiger partial charge is 0.236 e. The highest BCUT2D eigenvalue weighted by Crippen LogP contribution is 2.23. The van der Waals surface area contributed by atoms with Gasteiger partial charge in [-0.05, 0) is 12.8 Å². The van der Waals surface area contributed by atoms with Gasteiger partial charge in [0.25, 0.3) is 0 Å². The fraction of sp³-hybridized carbons (Fsp3) is 0.556. The Kier molecular flexibility index (Phi) is 3.33. The number of allylic oxidation sites excluding steroid dienone is 1. The van der Waals surface area contributed by atoms with Gasteiger partial charge in [-0.25, -0.2) is 9.78 Å². The van der Waals surface area contributed by atoms with E-state index in [0.717, 1.165) is 12.8 Å². The summed E-state index contributed by atoms with van der Waals surface area (Å²) in [5, 5.41) is 0. The molecule has 2 unspecified atom stereocenters. The Morgan fingerprint density at radius 2 is 2.00 bits per heavy atom. The molecule has 1 saturated heterocycles. The Morgan fingerprint density at radius 1 is 1.27 bits per heavy atom. The van der Waals surface area contributed by atoms with E-state index in [1.807, 2.05) is 12.2 Å². The minimum Gasteiger partial charge on any atom is -0.236 e. The van der Waals surface area contributed by atoms with Crippen LogP contribution in [0.4, 0.5) is 0 Å². The van der Waals surface area contributed by atoms with Gasteiger partial charge < -0.3 is 0 Å². The van der Waals surface area contributed by atoms with Crippen LogP contribution in [0.15, 0.2) is 25.3 Å². The van der Waals surface area contributed by atoms with Crippen molar-refractivity contribution in [1.82, 2.24) is 0 Å². The smallest absolute Gasteiger partial charge is 0.102 e. The highest BCUT2D eigenvalue weighted by atomic mass is 17.2. The van der Waals surface area contributed by atoms with Gasteiger partial charge in [-0.15, -0.1) is 13.2 Å². The predicted octanol–water partition coefficient (Wildman–Crippen LogP) is 2.09. The van der Waals surface area contributed by atoms with Crippen LogP contribution in [0.5, 0.6) is 0 Å². The Balaban J connectivity index is 2.36. The van der Waals surface area contributed by atoms with E-state index in [-0.39, 0.29) is 6.10 Å². The lowest BCUT2D eigenvalue weighted by molar-refractivity contribution is -0.273. The molecule has 1 rings (SSSR count). The average Bonchev–Trinajstić information content (AvgIpc) is 2.39. The van der Waals surface area contributed by atoms with Crippen LogP contribution < -0.4 is 0 Å². The first-order chi connectivity index (χ1) is 5.38. The van der Waals surface area contributed by atoms with E-state index in [9.17, 15) is 0 Å². The third-order valence-corrected chi connectivity index (χ3v) is 1.87. The molecule has 0 spiro atoms. The Bertz CT molecular complexity index is 126. The van der Waals surface area contributed by atoms with Gasteiger partial charge in [-0.3, -0.25) is 0 Å². The molecule has 11 heavy (non-hydrogen) atoms. The van der Waals surface area contributed by atoms with E-state index in [2.05, 4.69) is 13.2 Å². The van der Waals surface area contributed by atoms with Gasteiger partial charge in [0.1, 0.15) is 6.10 Å². The third-order valence-electron chi connectivity index (χ3n) is 1.87. The van der Waals surface area contributed by atoms with Crippen LogP contribution in [0, 0.1) is 5.92 Å². The molecule has 0 aromatic heterocycles. The number of hydrogen-bond acceptors (Lipinski definition) is 2. The van der Waals surface area contributed by atoms with E-state index >= 15 is 0 Å². The molecule has 2 heteroatoms. The molecule has 0 saturated carbocycles. The molecule has 0 amide bonds. The first-order valence-electron chi connectivity index (χ1n) is 3.88. The molecule has 0 aliphatic carbocycles. The van der Waals surface area contributed by atoms with Crippen molar-refractivity contribution in [3.05, 3.63) is 25.3 Å². The molecule has 1 fully saturated rings. The van der Waals surface area contributed by atoms with Crippen LogP contribution in [0.2, 0.25) is 0 Å². The second-order valence-electron chi connectivity index (χ2n) is 2.73. The molecule has 1 aliphatic rings. The van der Waals surface area contributed by atoms with Crippen LogP contribution in [0.1, 0.15) is 12.8 Å². The SMILES string of the molecule is C=CCC1COOC1CC=C. The van der Waals surface area contributed by atoms with Crippen LogP contribution in [-0.4, -0.2) is 12.7 Å². The quantitative estimate of drug-likeness (QED) is 0.456. The normalized spacial score (nSPS) is 30.2. The maximum Gasteiger partial charge on any atom is 0.102 e. The zero-order chi connectivity index (χ0) is 8.10. The highest BCUT2D eigenvalue weighted by molar-refractivity contribution is 4.84. The molecule has 0 bridgehead atoms. The minimum atomic E-state index is 0.186. The van der Waals surface area contributed by atoms with E-state index in [4.69, 9.17) is 9.78 Å². The van der Waals surface area contributed by atoms with Crippen molar-refractivity contribution >= 4 is 0 Å². The van der Waals surface area contributed by atoms with Gasteiger partial charge >= 0.3 is 0 Å². The van der Waals surface area contributed by atoms with Crippen LogP contribution >= 0.6 is 0 Å². The topological polar surface area (TPSA) is 18.5 Å². The van der Waals surface area contributed by atoms with E-state index < -0.39 is 0 Å². The van der Waals surface area contributed by atoms with Crippen molar-refractivity contribution in [2.24, 2.45) is 5.92 Å². The predicted molar refractivity (Wildman–Crippen MR) is 43.9 cm³/mol. The van der Waals surface area contributed by atoms with Gasteiger partial charge in [0, 0.05) is 5.92 Å². The summed E-state index contributed by atoms with van der Waals surface area (Å²) in [6.45, 7) is 8.02. The maximum atomic E-state index is 5.04. The van der Waals surface area contributed by atoms with E-state index in [0.29, 0.717) is 12.5 Å². The molecule has 2 nitrogen and oxygen atoms in total. The first-order valence-corrected chi connectivity index (χ1v) is 3.88. The van der Waals surface area contributed by atoms with E-state index in [1.165, 1.54) is 0 Å². The number of hydrogen-bond donors (Lipinski definition) is 0. The van der Waals surface area contributed by atoms with Crippen molar-refractivity contribution < 1.29 is 9.78 Å². The second kappa shape index (κ2) is 4.31. The van der Waals surface area contributed by atoms with Crippen molar-refractivity contribution in [1.29, 1.82) is 0 Å². The molecule has 2 atom stereocenters. The maximum absolute atomic E-state index is 5.04. The molecule has 1 aliphatic heterocycles. The minimum absolute atomic E-state index is 0.186. The molecule has 1 heterocycles. The highest BCUT2D eigenvalue weighted by Gasteiger charge is 2.27. The monoisotopic (exact) mass is 154 g/mol. The Morgan fingerprint density at radius 3 is 2.64 bits per heavy atom. The van der Waals surface area contributed by atoms with Crippen molar-refractivity contribution in [2.75, 3.05) is 6.61 Å². The molecule has 0 radical (unpaired) electrons. The lowest BCUT2D eigenvalue weighted by atomic mass is 9.98. The lowest BCUT2D eigenvalue weighted by Crippen LogP contribution is -2.15. The molecule has 62 valence electrons. The van der Waals surface area contributed by atoms with E-state index in [1.54, 1.807) is 0 Å². The fourth-order valence-corrected chi connectivity index (χ4v) is 1.23. The second-order valence-corrected chi connectivity index (χ2v) is 2.73. The zero-order valence-corrected chi connectivity index (χ0v) is 6.66. The van der Waals surface area contributed by atoms with Crippen LogP contribution in [0.25, 0.3) is 0 Å². The summed E-state index contributed by atoms with van der Waals surface area (Å²) >= 11 is 0. The lowest BCUT2D eigenvalue weighted by Gasteiger charge is -2.10.